The molecule has 0 fully saturated rings. The van der Waals surface area contributed by atoms with E-state index in [9.17, 15) is 24.0 Å². The van der Waals surface area contributed by atoms with E-state index < -0.39 is 35.8 Å². The molecule has 1 aromatic carbocycles. The van der Waals surface area contributed by atoms with Gasteiger partial charge in [0.15, 0.2) is 0 Å². The number of hydrogen-bond acceptors (Lipinski definition) is 5. The predicted octanol–water partition coefficient (Wildman–Crippen LogP) is 0.946. The van der Waals surface area contributed by atoms with Crippen molar-refractivity contribution < 1.29 is 24.3 Å². The average molecular weight is 399 g/mol. The van der Waals surface area contributed by atoms with Gasteiger partial charge in [0.2, 0.25) is 11.8 Å². The molecule has 2 N–H and O–H groups in total. The molecule has 0 aliphatic carbocycles. The van der Waals surface area contributed by atoms with E-state index in [-0.39, 0.29) is 18.4 Å². The molecule has 2 amide bonds. The van der Waals surface area contributed by atoms with Crippen molar-refractivity contribution in [1.82, 2.24) is 4.68 Å². The Kier molecular flexibility index (Phi) is 7.41. The molecule has 0 unspecified atom stereocenters. The van der Waals surface area contributed by atoms with Crippen LogP contribution in [-0.4, -0.2) is 39.9 Å². The second-order valence-electron chi connectivity index (χ2n) is 6.27. The number of carbonyl (C=O) groups is 4. The number of carboxylic acids is 1. The summed E-state index contributed by atoms with van der Waals surface area (Å²) in [5.74, 6) is -2.39. The fourth-order valence-corrected chi connectivity index (χ4v) is 2.78. The zero-order chi connectivity index (χ0) is 21.4. The molecule has 1 heterocycles. The van der Waals surface area contributed by atoms with Crippen molar-refractivity contribution in [3.63, 3.8) is 0 Å². The van der Waals surface area contributed by atoms with Crippen molar-refractivity contribution in [3.05, 3.63) is 64.6 Å². The van der Waals surface area contributed by atoms with Gasteiger partial charge >= 0.3 is 5.97 Å². The summed E-state index contributed by atoms with van der Waals surface area (Å²) < 4.78 is 0.831. The molecule has 0 radical (unpaired) electrons. The first-order chi connectivity index (χ1) is 13.8. The molecular formula is C20H21N3O6. The third kappa shape index (κ3) is 5.86. The van der Waals surface area contributed by atoms with E-state index in [0.717, 1.165) is 22.2 Å². The van der Waals surface area contributed by atoms with E-state index in [1.165, 1.54) is 18.3 Å². The number of nitrogens with one attached hydrogen (secondary N) is 1. The minimum Gasteiger partial charge on any atom is -0.481 e. The normalized spacial score (nSPS) is 11.3. The van der Waals surface area contributed by atoms with E-state index in [4.69, 9.17) is 5.11 Å². The summed E-state index contributed by atoms with van der Waals surface area (Å²) in [4.78, 5) is 59.2. The fourth-order valence-electron chi connectivity index (χ4n) is 2.78. The monoisotopic (exact) mass is 399 g/mol. The number of aldehydes is 1. The van der Waals surface area contributed by atoms with Gasteiger partial charge in [0.05, 0.1) is 6.42 Å². The topological polar surface area (TPSA) is 126 Å². The number of aryl methyl sites for hydroxylation is 1. The molecule has 9 heteroatoms. The van der Waals surface area contributed by atoms with E-state index in [1.807, 2.05) is 30.3 Å². The third-order valence-electron chi connectivity index (χ3n) is 4.10. The Morgan fingerprint density at radius 1 is 1.17 bits per heavy atom. The molecule has 1 aromatic heterocycles. The van der Waals surface area contributed by atoms with Crippen LogP contribution in [0.25, 0.3) is 0 Å². The fraction of sp³-hybridized carbons (Fsp3) is 0.250. The third-order valence-corrected chi connectivity index (χ3v) is 4.10. The molecular weight excluding hydrogens is 378 g/mol. The number of pyridine rings is 1. The van der Waals surface area contributed by atoms with Gasteiger partial charge in [0, 0.05) is 19.5 Å². The second kappa shape index (κ2) is 9.98. The van der Waals surface area contributed by atoms with Gasteiger partial charge < -0.3 is 15.2 Å². The lowest BCUT2D eigenvalue weighted by atomic mass is 10.1. The van der Waals surface area contributed by atoms with Crippen LogP contribution in [0.3, 0.4) is 0 Å². The van der Waals surface area contributed by atoms with Crippen molar-refractivity contribution in [3.8, 4) is 0 Å². The lowest BCUT2D eigenvalue weighted by Gasteiger charge is -2.27. The number of benzene rings is 1. The van der Waals surface area contributed by atoms with Crippen LogP contribution in [0, 0.1) is 0 Å². The molecule has 9 nitrogen and oxygen atoms in total. The zero-order valence-corrected chi connectivity index (χ0v) is 15.8. The van der Waals surface area contributed by atoms with Crippen LogP contribution in [-0.2, 0) is 25.6 Å². The number of rotatable bonds is 9. The predicted molar refractivity (Wildman–Crippen MR) is 105 cm³/mol. The van der Waals surface area contributed by atoms with E-state index in [1.54, 1.807) is 0 Å². The summed E-state index contributed by atoms with van der Waals surface area (Å²) in [7, 11) is 0. The van der Waals surface area contributed by atoms with Gasteiger partial charge in [-0.1, -0.05) is 30.3 Å². The van der Waals surface area contributed by atoms with Crippen LogP contribution >= 0.6 is 0 Å². The minimum absolute atomic E-state index is 0.0863. The average Bonchev–Trinajstić information content (AvgIpc) is 2.68. The SMILES string of the molecule is CC(=O)N([C@H](C=O)CC(=O)O)n1cccc(NC(=O)CCc2ccccc2)c1=O. The number of amides is 2. The maximum absolute atomic E-state index is 12.7. The molecule has 0 aliphatic heterocycles. The Bertz CT molecular complexity index is 954. The maximum Gasteiger partial charge on any atom is 0.305 e. The molecule has 29 heavy (non-hydrogen) atoms. The minimum atomic E-state index is -1.37. The number of nitrogens with zero attached hydrogens (tertiary/aromatic N) is 2. The van der Waals surface area contributed by atoms with Crippen LogP contribution in [0.4, 0.5) is 5.69 Å². The van der Waals surface area contributed by atoms with E-state index >= 15 is 0 Å². The summed E-state index contributed by atoms with van der Waals surface area (Å²) in [5, 5.41) is 12.2. The Hall–Kier alpha value is -3.75. The van der Waals surface area contributed by atoms with Gasteiger partial charge in [-0.2, -0.15) is 0 Å². The smallest absolute Gasteiger partial charge is 0.305 e. The van der Waals surface area contributed by atoms with Gasteiger partial charge in [0.1, 0.15) is 18.0 Å². The van der Waals surface area contributed by atoms with Gasteiger partial charge in [-0.3, -0.25) is 19.2 Å². The Morgan fingerprint density at radius 3 is 2.45 bits per heavy atom. The molecule has 1 atom stereocenters. The first kappa shape index (κ1) is 21.5. The lowest BCUT2D eigenvalue weighted by molar-refractivity contribution is -0.138. The summed E-state index contributed by atoms with van der Waals surface area (Å²) >= 11 is 0. The van der Waals surface area contributed by atoms with E-state index in [2.05, 4.69) is 5.32 Å². The standard InChI is InChI=1S/C20H21N3O6/c1-14(25)23(16(13-24)12-19(27)28)22-11-5-8-17(20(22)29)21-18(26)10-9-15-6-3-2-4-7-15/h2-8,11,13,16H,9-10,12H2,1H3,(H,21,26)(H,27,28)/t16-/m0/s1. The van der Waals surface area contributed by atoms with Crippen LogP contribution in [0.2, 0.25) is 0 Å². The number of hydrogen-bond donors (Lipinski definition) is 2. The van der Waals surface area contributed by atoms with Gasteiger partial charge in [-0.05, 0) is 24.1 Å². The van der Waals surface area contributed by atoms with Crippen LogP contribution in [0.5, 0.6) is 0 Å². The second-order valence-corrected chi connectivity index (χ2v) is 6.27. The highest BCUT2D eigenvalue weighted by Gasteiger charge is 2.26. The highest BCUT2D eigenvalue weighted by Crippen LogP contribution is 2.07. The largest absolute Gasteiger partial charge is 0.481 e. The summed E-state index contributed by atoms with van der Waals surface area (Å²) in [6, 6.07) is 10.8. The molecule has 152 valence electrons. The number of anilines is 1. The molecule has 2 aromatic rings. The van der Waals surface area contributed by atoms with Gasteiger partial charge in [-0.15, -0.1) is 0 Å². The zero-order valence-electron chi connectivity index (χ0n) is 15.8. The molecule has 0 aliphatic rings. The highest BCUT2D eigenvalue weighted by molar-refractivity contribution is 5.91. The Balaban J connectivity index is 2.21. The van der Waals surface area contributed by atoms with Crippen molar-refractivity contribution in [2.45, 2.75) is 32.2 Å². The van der Waals surface area contributed by atoms with Crippen LogP contribution < -0.4 is 15.9 Å². The van der Waals surface area contributed by atoms with Crippen molar-refractivity contribution in [2.75, 3.05) is 10.3 Å². The lowest BCUT2D eigenvalue weighted by Crippen LogP contribution is -2.53. The van der Waals surface area contributed by atoms with Gasteiger partial charge in [0.25, 0.3) is 5.56 Å². The summed E-state index contributed by atoms with van der Waals surface area (Å²) in [6.45, 7) is 1.11. The van der Waals surface area contributed by atoms with Crippen molar-refractivity contribution >= 4 is 29.8 Å². The first-order valence-electron chi connectivity index (χ1n) is 8.86. The van der Waals surface area contributed by atoms with Crippen LogP contribution in [0.15, 0.2) is 53.5 Å². The highest BCUT2D eigenvalue weighted by atomic mass is 16.4. The number of aliphatic carboxylic acids is 1. The van der Waals surface area contributed by atoms with Crippen LogP contribution in [0.1, 0.15) is 25.3 Å². The molecule has 0 saturated carbocycles. The molecule has 0 saturated heterocycles. The van der Waals surface area contributed by atoms with Crippen molar-refractivity contribution in [1.29, 1.82) is 0 Å². The summed E-state index contributed by atoms with van der Waals surface area (Å²) in [6.07, 6.45) is 1.47. The van der Waals surface area contributed by atoms with Crippen molar-refractivity contribution in [2.24, 2.45) is 0 Å². The first-order valence-corrected chi connectivity index (χ1v) is 8.86. The maximum atomic E-state index is 12.7. The molecule has 2 rings (SSSR count). The van der Waals surface area contributed by atoms with E-state index in [0.29, 0.717) is 6.42 Å². The molecule has 0 bridgehead atoms. The number of carboxylic acid groups (broad SMARTS) is 1. The Morgan fingerprint density at radius 2 is 1.86 bits per heavy atom. The Labute approximate surface area is 166 Å². The molecule has 0 spiro atoms. The number of aromatic nitrogens is 1. The quantitative estimate of drug-likeness (QED) is 0.605. The number of carbonyl (C=O) groups excluding carboxylic acids is 3. The summed E-state index contributed by atoms with van der Waals surface area (Å²) in [5.41, 5.74) is 0.128. The van der Waals surface area contributed by atoms with Gasteiger partial charge in [-0.25, -0.2) is 9.69 Å².